The van der Waals surface area contributed by atoms with Crippen LogP contribution in [0, 0.1) is 0 Å². The number of alkyl halides is 1. The number of carboxylic acid groups (broad SMARTS) is 1. The normalized spacial score (nSPS) is 22.0. The molecule has 1 saturated heterocycles. The molecular weight excluding hydrogens is 356 g/mol. The number of carbonyl (C=O) groups excluding carboxylic acids is 2. The van der Waals surface area contributed by atoms with E-state index < -0.39 is 36.3 Å². The molecule has 2 aliphatic heterocycles. The molecular formula is C15H17FLiN5O5. The van der Waals surface area contributed by atoms with E-state index >= 15 is 0 Å². The third-order valence-electron chi connectivity index (χ3n) is 4.03. The molecule has 2 N–H and O–H groups in total. The topological polar surface area (TPSA) is 125 Å². The quantitative estimate of drug-likeness (QED) is 0.401. The van der Waals surface area contributed by atoms with Gasteiger partial charge >= 0.3 is 37.2 Å². The van der Waals surface area contributed by atoms with E-state index in [0.29, 0.717) is 16.3 Å². The number of hydrogen-bond acceptors (Lipinski definition) is 6. The average Bonchev–Trinajstić information content (AvgIpc) is 2.86. The maximum atomic E-state index is 13.3. The van der Waals surface area contributed by atoms with Gasteiger partial charge in [0.15, 0.2) is 0 Å². The fourth-order valence-electron chi connectivity index (χ4n) is 2.91. The third kappa shape index (κ3) is 4.27. The zero-order valence-electron chi connectivity index (χ0n) is 15.7. The maximum absolute atomic E-state index is 13.3. The Kier molecular flexibility index (Phi) is 6.53. The summed E-state index contributed by atoms with van der Waals surface area (Å²) in [5.41, 5.74) is 1.12. The van der Waals surface area contributed by atoms with Crippen LogP contribution in [0.3, 0.4) is 0 Å². The number of amides is 3. The van der Waals surface area contributed by atoms with E-state index in [0.717, 1.165) is 0 Å². The second kappa shape index (κ2) is 8.47. The molecule has 2 aliphatic rings. The van der Waals surface area contributed by atoms with Gasteiger partial charge in [0.1, 0.15) is 6.04 Å². The van der Waals surface area contributed by atoms with Crippen molar-refractivity contribution in [1.29, 1.82) is 0 Å². The van der Waals surface area contributed by atoms with Crippen LogP contribution in [-0.4, -0.2) is 67.9 Å². The molecule has 1 fully saturated rings. The number of nitrogens with one attached hydrogen (secondary N) is 1. The molecule has 1 aromatic heterocycles. The van der Waals surface area contributed by atoms with Crippen LogP contribution in [0.5, 0.6) is 0 Å². The molecule has 1 aromatic rings. The van der Waals surface area contributed by atoms with Crippen LogP contribution in [0.1, 0.15) is 14.0 Å². The first kappa shape index (κ1) is 20.8. The number of fused-ring (bicyclic) bond motifs is 2. The van der Waals surface area contributed by atoms with Gasteiger partial charge in [0, 0.05) is 12.4 Å². The van der Waals surface area contributed by atoms with Gasteiger partial charge in [-0.05, 0) is 12.5 Å². The van der Waals surface area contributed by atoms with E-state index in [2.05, 4.69) is 20.1 Å². The van der Waals surface area contributed by atoms with Gasteiger partial charge in [0.25, 0.3) is 0 Å². The number of carbonyl (C=O) groups is 3. The van der Waals surface area contributed by atoms with Crippen molar-refractivity contribution in [2.45, 2.75) is 31.9 Å². The number of halogens is 1. The van der Waals surface area contributed by atoms with Crippen molar-refractivity contribution >= 4 is 17.9 Å². The van der Waals surface area contributed by atoms with Gasteiger partial charge < -0.3 is 16.7 Å². The second-order valence-corrected chi connectivity index (χ2v) is 5.82. The summed E-state index contributed by atoms with van der Waals surface area (Å²) in [6, 6.07) is -2.33. The van der Waals surface area contributed by atoms with Crippen molar-refractivity contribution in [3.05, 3.63) is 35.9 Å². The van der Waals surface area contributed by atoms with Gasteiger partial charge in [-0.3, -0.25) is 14.8 Å². The summed E-state index contributed by atoms with van der Waals surface area (Å²) in [4.78, 5) is 49.3. The van der Waals surface area contributed by atoms with Gasteiger partial charge in [-0.1, -0.05) is 6.08 Å². The van der Waals surface area contributed by atoms with Crippen LogP contribution in [0.2, 0.25) is 0 Å². The first-order valence-corrected chi connectivity index (χ1v) is 7.73. The number of nitrogens with zero attached hydrogens (tertiary/aromatic N) is 4. The summed E-state index contributed by atoms with van der Waals surface area (Å²) in [6.45, 7) is 1.88. The minimum atomic E-state index is -2.67. The van der Waals surface area contributed by atoms with Crippen molar-refractivity contribution in [3.8, 4) is 0 Å². The Balaban J connectivity index is 0.00000196. The van der Waals surface area contributed by atoms with Crippen molar-refractivity contribution in [2.24, 2.45) is 0 Å². The number of rotatable bonds is 6. The van der Waals surface area contributed by atoms with Crippen LogP contribution >= 0.6 is 0 Å². The number of hydroxylamine groups is 2. The van der Waals surface area contributed by atoms with E-state index in [1.54, 1.807) is 13.0 Å². The molecule has 27 heavy (non-hydrogen) atoms. The Labute approximate surface area is 167 Å². The molecule has 0 aromatic carbocycles. The molecule has 3 heterocycles. The monoisotopic (exact) mass is 373 g/mol. The summed E-state index contributed by atoms with van der Waals surface area (Å²) in [5.74, 6) is -2.28. The molecule has 10 nitrogen and oxygen atoms in total. The van der Waals surface area contributed by atoms with Crippen molar-refractivity contribution in [2.75, 3.05) is 6.54 Å². The first-order chi connectivity index (χ1) is 12.4. The third-order valence-corrected chi connectivity index (χ3v) is 4.03. The zero-order valence-corrected chi connectivity index (χ0v) is 14.7. The molecule has 0 saturated carbocycles. The molecule has 3 rings (SSSR count). The Morgan fingerprint density at radius 3 is 2.89 bits per heavy atom. The molecule has 0 radical (unpaired) electrons. The van der Waals surface area contributed by atoms with E-state index in [4.69, 9.17) is 5.11 Å². The van der Waals surface area contributed by atoms with Crippen LogP contribution in [0.25, 0.3) is 0 Å². The Morgan fingerprint density at radius 2 is 2.26 bits per heavy atom. The van der Waals surface area contributed by atoms with Crippen LogP contribution in [-0.2, 0) is 21.0 Å². The molecule has 2 bridgehead atoms. The maximum Gasteiger partial charge on any atom is 1.00 e. The second-order valence-electron chi connectivity index (χ2n) is 5.82. The summed E-state index contributed by atoms with van der Waals surface area (Å²) in [5, 5.41) is 11.9. The molecule has 12 heteroatoms. The predicted octanol–water partition coefficient (Wildman–Crippen LogP) is -3.04. The Hall–Kier alpha value is -2.48. The summed E-state index contributed by atoms with van der Waals surface area (Å²) in [7, 11) is 0. The van der Waals surface area contributed by atoms with Crippen molar-refractivity contribution < 1.29 is 49.0 Å². The Bertz CT molecular complexity index is 770. The molecule has 140 valence electrons. The van der Waals surface area contributed by atoms with E-state index in [1.807, 2.05) is 0 Å². The fraction of sp³-hybridized carbons (Fsp3) is 0.400. The first-order valence-electron chi connectivity index (χ1n) is 7.73. The summed E-state index contributed by atoms with van der Waals surface area (Å²) in [6.07, 6.45) is 3.42. The number of carboxylic acids is 1. The number of hydrogen-bond donors (Lipinski definition) is 2. The van der Waals surface area contributed by atoms with Gasteiger partial charge in [-0.15, -0.1) is 0 Å². The summed E-state index contributed by atoms with van der Waals surface area (Å²) < 4.78 is 13.3. The van der Waals surface area contributed by atoms with Gasteiger partial charge in [0.05, 0.1) is 31.0 Å². The average molecular weight is 373 g/mol. The molecule has 0 aliphatic carbocycles. The predicted molar refractivity (Wildman–Crippen MR) is 83.9 cm³/mol. The van der Waals surface area contributed by atoms with Gasteiger partial charge in [-0.2, -0.15) is 5.06 Å². The zero-order chi connectivity index (χ0) is 18.8. The smallest absolute Gasteiger partial charge is 1.00 e. The summed E-state index contributed by atoms with van der Waals surface area (Å²) >= 11 is 0. The minimum absolute atomic E-state index is 0. The molecule has 3 amide bonds. The van der Waals surface area contributed by atoms with E-state index in [1.165, 1.54) is 23.5 Å². The van der Waals surface area contributed by atoms with Crippen molar-refractivity contribution in [1.82, 2.24) is 25.2 Å². The molecule has 0 spiro atoms. The largest absolute Gasteiger partial charge is 1.00 e. The standard InChI is InChI=1S/C15H16FN5O5.Li.H/c1-8-4-10-7-20(15(25)21(10)26-12(16)14(23)24)11(8)13(22)19-6-9-5-17-2-3-18-9;;/h2-5,10-12H,6-7H2,1H3,(H,19,22)(H,23,24);;/q;+1;-1/t10-,11+,12-;;/m1../s1. The number of aliphatic carboxylic acids is 1. The number of urea groups is 1. The SMILES string of the molecule is CC1=C[C@@H]2CN(C(=O)N2O[C@@H](F)C(=O)O)[C@@H]1C(=O)NCc1cnccn1.[H-].[Li+]. The molecule has 3 atom stereocenters. The van der Waals surface area contributed by atoms with E-state index in [-0.39, 0.29) is 33.4 Å². The Morgan fingerprint density at radius 1 is 1.52 bits per heavy atom. The van der Waals surface area contributed by atoms with Crippen LogP contribution in [0.15, 0.2) is 30.2 Å². The fourth-order valence-corrected chi connectivity index (χ4v) is 2.91. The number of aromatic nitrogens is 2. The van der Waals surface area contributed by atoms with Crippen molar-refractivity contribution in [3.63, 3.8) is 0 Å². The van der Waals surface area contributed by atoms with Gasteiger partial charge in [0.2, 0.25) is 5.91 Å². The molecule has 0 unspecified atom stereocenters. The van der Waals surface area contributed by atoms with Crippen LogP contribution in [0.4, 0.5) is 9.18 Å². The van der Waals surface area contributed by atoms with Crippen LogP contribution < -0.4 is 24.2 Å². The minimum Gasteiger partial charge on any atom is -1.00 e. The van der Waals surface area contributed by atoms with E-state index in [9.17, 15) is 18.8 Å². The van der Waals surface area contributed by atoms with Gasteiger partial charge in [-0.25, -0.2) is 18.8 Å².